The lowest BCUT2D eigenvalue weighted by atomic mass is 10.3. The van der Waals surface area contributed by atoms with Crippen molar-refractivity contribution >= 4 is 11.7 Å². The molecule has 0 radical (unpaired) electrons. The van der Waals surface area contributed by atoms with E-state index >= 15 is 0 Å². The number of halogens is 1. The van der Waals surface area contributed by atoms with Crippen molar-refractivity contribution in [2.45, 2.75) is 13.0 Å². The van der Waals surface area contributed by atoms with Crippen LogP contribution in [0.15, 0.2) is 28.7 Å². The van der Waals surface area contributed by atoms with Gasteiger partial charge in [0.1, 0.15) is 5.82 Å². The lowest BCUT2D eigenvalue weighted by Gasteiger charge is -2.00. The predicted octanol–water partition coefficient (Wildman–Crippen LogP) is 1.97. The van der Waals surface area contributed by atoms with Gasteiger partial charge in [0.15, 0.2) is 0 Å². The Morgan fingerprint density at radius 3 is 2.88 bits per heavy atom. The zero-order chi connectivity index (χ0) is 11.5. The molecule has 0 fully saturated rings. The number of rotatable bonds is 3. The van der Waals surface area contributed by atoms with Crippen LogP contribution >= 0.6 is 0 Å². The SMILES string of the molecule is CC(N)c1nnc(Nc2cccc(F)c2)o1. The number of hydrogen-bond acceptors (Lipinski definition) is 5. The van der Waals surface area contributed by atoms with Crippen molar-refractivity contribution in [3.63, 3.8) is 0 Å². The maximum absolute atomic E-state index is 12.9. The smallest absolute Gasteiger partial charge is 0.320 e. The Balaban J connectivity index is 2.14. The fourth-order valence-electron chi connectivity index (χ4n) is 1.16. The molecule has 0 spiro atoms. The van der Waals surface area contributed by atoms with Gasteiger partial charge in [0.25, 0.3) is 0 Å². The van der Waals surface area contributed by atoms with Gasteiger partial charge in [-0.3, -0.25) is 0 Å². The molecule has 16 heavy (non-hydrogen) atoms. The summed E-state index contributed by atoms with van der Waals surface area (Å²) >= 11 is 0. The minimum atomic E-state index is -0.336. The van der Waals surface area contributed by atoms with E-state index < -0.39 is 0 Å². The highest BCUT2D eigenvalue weighted by atomic mass is 19.1. The molecule has 1 aromatic heterocycles. The molecule has 0 saturated heterocycles. The average Bonchev–Trinajstić information content (AvgIpc) is 2.66. The van der Waals surface area contributed by atoms with E-state index in [1.807, 2.05) is 0 Å². The van der Waals surface area contributed by atoms with E-state index in [4.69, 9.17) is 10.2 Å². The maximum Gasteiger partial charge on any atom is 0.320 e. The van der Waals surface area contributed by atoms with Crippen LogP contribution in [0.25, 0.3) is 0 Å². The lowest BCUT2D eigenvalue weighted by Crippen LogP contribution is -2.04. The Morgan fingerprint density at radius 1 is 1.44 bits per heavy atom. The van der Waals surface area contributed by atoms with E-state index in [-0.39, 0.29) is 17.9 Å². The molecule has 1 aromatic carbocycles. The van der Waals surface area contributed by atoms with E-state index in [2.05, 4.69) is 15.5 Å². The second-order valence-corrected chi connectivity index (χ2v) is 3.37. The van der Waals surface area contributed by atoms with Gasteiger partial charge in [-0.1, -0.05) is 11.2 Å². The quantitative estimate of drug-likeness (QED) is 0.830. The maximum atomic E-state index is 12.9. The average molecular weight is 222 g/mol. The minimum Gasteiger partial charge on any atom is -0.406 e. The Labute approximate surface area is 91.5 Å². The van der Waals surface area contributed by atoms with Crippen molar-refractivity contribution < 1.29 is 8.81 Å². The van der Waals surface area contributed by atoms with Crippen molar-refractivity contribution in [1.82, 2.24) is 10.2 Å². The number of aromatic nitrogens is 2. The first-order valence-corrected chi connectivity index (χ1v) is 4.77. The van der Waals surface area contributed by atoms with Crippen LogP contribution in [0.2, 0.25) is 0 Å². The first-order valence-electron chi connectivity index (χ1n) is 4.77. The molecule has 0 amide bonds. The topological polar surface area (TPSA) is 77.0 Å². The van der Waals surface area contributed by atoms with Gasteiger partial charge in [0.05, 0.1) is 6.04 Å². The summed E-state index contributed by atoms with van der Waals surface area (Å²) in [6, 6.07) is 5.83. The molecule has 3 N–H and O–H groups in total. The summed E-state index contributed by atoms with van der Waals surface area (Å²) in [5.41, 5.74) is 6.10. The summed E-state index contributed by atoms with van der Waals surface area (Å²) in [6.45, 7) is 1.74. The first-order chi connectivity index (χ1) is 7.65. The van der Waals surface area contributed by atoms with Gasteiger partial charge in [0, 0.05) is 5.69 Å². The fourth-order valence-corrected chi connectivity index (χ4v) is 1.16. The lowest BCUT2D eigenvalue weighted by molar-refractivity contribution is 0.475. The molecule has 0 aliphatic rings. The van der Waals surface area contributed by atoms with Gasteiger partial charge in [-0.15, -0.1) is 5.10 Å². The molecule has 1 atom stereocenters. The zero-order valence-electron chi connectivity index (χ0n) is 8.64. The van der Waals surface area contributed by atoms with E-state index in [1.54, 1.807) is 19.1 Å². The van der Waals surface area contributed by atoms with Crippen LogP contribution < -0.4 is 11.1 Å². The van der Waals surface area contributed by atoms with E-state index in [9.17, 15) is 4.39 Å². The van der Waals surface area contributed by atoms with Crippen LogP contribution in [0.3, 0.4) is 0 Å². The highest BCUT2D eigenvalue weighted by Crippen LogP contribution is 2.17. The zero-order valence-corrected chi connectivity index (χ0v) is 8.64. The van der Waals surface area contributed by atoms with Gasteiger partial charge in [0.2, 0.25) is 5.89 Å². The summed E-state index contributed by atoms with van der Waals surface area (Å²) in [6.07, 6.45) is 0. The van der Waals surface area contributed by atoms with Crippen molar-refractivity contribution in [3.8, 4) is 0 Å². The van der Waals surface area contributed by atoms with Crippen LogP contribution in [0.4, 0.5) is 16.1 Å². The number of nitrogens with one attached hydrogen (secondary N) is 1. The van der Waals surface area contributed by atoms with Crippen LogP contribution in [-0.4, -0.2) is 10.2 Å². The first kappa shape index (κ1) is 10.6. The summed E-state index contributed by atoms with van der Waals surface area (Å²) in [4.78, 5) is 0. The molecule has 6 heteroatoms. The Hall–Kier alpha value is -1.95. The van der Waals surface area contributed by atoms with Crippen molar-refractivity contribution in [1.29, 1.82) is 0 Å². The summed E-state index contributed by atoms with van der Waals surface area (Å²) in [7, 11) is 0. The third-order valence-corrected chi connectivity index (χ3v) is 1.91. The minimum absolute atomic E-state index is 0.193. The van der Waals surface area contributed by atoms with Crippen molar-refractivity contribution in [2.75, 3.05) is 5.32 Å². The van der Waals surface area contributed by atoms with Crippen molar-refractivity contribution in [2.24, 2.45) is 5.73 Å². The van der Waals surface area contributed by atoms with E-state index in [0.29, 0.717) is 11.6 Å². The van der Waals surface area contributed by atoms with Crippen LogP contribution in [-0.2, 0) is 0 Å². The molecule has 1 heterocycles. The normalized spacial score (nSPS) is 12.4. The molecule has 84 valence electrons. The third-order valence-electron chi connectivity index (χ3n) is 1.91. The standard InChI is InChI=1S/C10H11FN4O/c1-6(12)9-14-15-10(16-9)13-8-4-2-3-7(11)5-8/h2-6H,12H2,1H3,(H,13,15). The molecule has 0 saturated carbocycles. The predicted molar refractivity (Wildman–Crippen MR) is 56.6 cm³/mol. The largest absolute Gasteiger partial charge is 0.406 e. The molecule has 0 aliphatic heterocycles. The second-order valence-electron chi connectivity index (χ2n) is 3.37. The number of nitrogens with two attached hydrogens (primary N) is 1. The summed E-state index contributed by atoms with van der Waals surface area (Å²) in [5, 5.41) is 10.3. The van der Waals surface area contributed by atoms with Gasteiger partial charge in [-0.2, -0.15) is 0 Å². The third kappa shape index (κ3) is 2.34. The van der Waals surface area contributed by atoms with E-state index in [1.165, 1.54) is 12.1 Å². The fraction of sp³-hybridized carbons (Fsp3) is 0.200. The Morgan fingerprint density at radius 2 is 2.25 bits per heavy atom. The molecule has 0 bridgehead atoms. The van der Waals surface area contributed by atoms with Crippen LogP contribution in [0.1, 0.15) is 18.9 Å². The van der Waals surface area contributed by atoms with Gasteiger partial charge in [-0.05, 0) is 25.1 Å². The highest BCUT2D eigenvalue weighted by molar-refractivity contribution is 5.51. The van der Waals surface area contributed by atoms with Crippen LogP contribution in [0, 0.1) is 5.82 Å². The highest BCUT2D eigenvalue weighted by Gasteiger charge is 2.09. The molecular formula is C10H11FN4O. The Bertz CT molecular complexity index is 483. The van der Waals surface area contributed by atoms with Gasteiger partial charge < -0.3 is 15.5 Å². The Kier molecular flexibility index (Phi) is 2.82. The molecule has 2 rings (SSSR count). The molecule has 2 aromatic rings. The summed E-state index contributed by atoms with van der Waals surface area (Å²) in [5.74, 6) is -0.00386. The van der Waals surface area contributed by atoms with Crippen LogP contribution in [0.5, 0.6) is 0 Å². The number of benzene rings is 1. The molecule has 1 unspecified atom stereocenters. The van der Waals surface area contributed by atoms with Crippen molar-refractivity contribution in [3.05, 3.63) is 36.0 Å². The molecule has 0 aliphatic carbocycles. The van der Waals surface area contributed by atoms with Gasteiger partial charge in [-0.25, -0.2) is 4.39 Å². The monoisotopic (exact) mass is 222 g/mol. The van der Waals surface area contributed by atoms with Gasteiger partial charge >= 0.3 is 6.01 Å². The molecule has 5 nitrogen and oxygen atoms in total. The number of nitrogens with zero attached hydrogens (tertiary/aromatic N) is 2. The second kappa shape index (κ2) is 4.28. The number of anilines is 2. The molecular weight excluding hydrogens is 211 g/mol. The number of hydrogen-bond donors (Lipinski definition) is 2. The summed E-state index contributed by atoms with van der Waals surface area (Å²) < 4.78 is 18.1. The van der Waals surface area contributed by atoms with E-state index in [0.717, 1.165) is 0 Å².